The summed E-state index contributed by atoms with van der Waals surface area (Å²) in [5.41, 5.74) is 0. The first kappa shape index (κ1) is 10.1. The minimum atomic E-state index is -3.58. The van der Waals surface area contributed by atoms with Gasteiger partial charge in [-0.15, -0.1) is 0 Å². The Morgan fingerprint density at radius 3 is 1.60 bits per heavy atom. The van der Waals surface area contributed by atoms with Gasteiger partial charge in [0.05, 0.1) is 0 Å². The molecule has 0 spiro atoms. The van der Waals surface area contributed by atoms with Gasteiger partial charge in [0.25, 0.3) is 0 Å². The van der Waals surface area contributed by atoms with Crippen molar-refractivity contribution in [1.82, 2.24) is 0 Å². The molecule has 0 radical (unpaired) electrons. The first-order valence-corrected chi connectivity index (χ1v) is 3.38. The van der Waals surface area contributed by atoms with Crippen LogP contribution in [0.1, 0.15) is 1.43 Å². The second-order valence-corrected chi connectivity index (χ2v) is 1.47. The molecule has 5 heavy (non-hydrogen) atoms. The summed E-state index contributed by atoms with van der Waals surface area (Å²) in [7, 11) is 0. The van der Waals surface area contributed by atoms with E-state index in [0.29, 0.717) is 0 Å². The number of hydrogen-bond donors (Lipinski definition) is 2. The maximum atomic E-state index is 8.81. The van der Waals surface area contributed by atoms with Crippen molar-refractivity contribution < 1.29 is 71.5 Å². The molecule has 5 heteroatoms. The molecule has 2 N–H and O–H groups in total. The normalized spacial score (nSPS) is 7.00. The van der Waals surface area contributed by atoms with Crippen molar-refractivity contribution in [3.05, 3.63) is 0 Å². The molecular formula is H4AsO3Rb. The van der Waals surface area contributed by atoms with Crippen molar-refractivity contribution in [2.45, 2.75) is 0 Å². The number of rotatable bonds is 0. The molecule has 0 aromatic rings. The predicted molar refractivity (Wildman–Crippen MR) is 13.4 cm³/mol. The molecule has 0 atom stereocenters. The third-order valence-corrected chi connectivity index (χ3v) is 0. The van der Waals surface area contributed by atoms with Crippen molar-refractivity contribution in [3.63, 3.8) is 0 Å². The van der Waals surface area contributed by atoms with Crippen molar-refractivity contribution >= 4 is 15.3 Å². The Bertz CT molecular complexity index is 33.8. The van der Waals surface area contributed by atoms with Gasteiger partial charge in [-0.05, 0) is 0 Å². The fourth-order valence-corrected chi connectivity index (χ4v) is 0. The second-order valence-electron chi connectivity index (χ2n) is 0.283. The van der Waals surface area contributed by atoms with Gasteiger partial charge in [-0.25, -0.2) is 0 Å². The van der Waals surface area contributed by atoms with Crippen molar-refractivity contribution in [1.29, 1.82) is 0 Å². The number of hydrogen-bond acceptors (Lipinski definition) is 1. The third kappa shape index (κ3) is 23.4. The summed E-state index contributed by atoms with van der Waals surface area (Å²) in [4.78, 5) is 0. The van der Waals surface area contributed by atoms with Crippen LogP contribution < -0.4 is 58.2 Å². The fraction of sp³-hybridized carbons (Fsp3) is 0. The Morgan fingerprint density at radius 1 is 1.60 bits per heavy atom. The molecule has 0 bridgehead atoms. The Balaban J connectivity index is -0.0000000450. The van der Waals surface area contributed by atoms with E-state index in [1.165, 1.54) is 0 Å². The second kappa shape index (κ2) is 6.08. The van der Waals surface area contributed by atoms with E-state index in [1.54, 1.807) is 0 Å². The van der Waals surface area contributed by atoms with Crippen LogP contribution in [0.5, 0.6) is 0 Å². The molecule has 0 rings (SSSR count). The third-order valence-electron chi connectivity index (χ3n) is 0. The van der Waals surface area contributed by atoms with Crippen LogP contribution in [0.2, 0.25) is 0 Å². The molecule has 28 valence electrons. The molecule has 0 saturated carbocycles. The van der Waals surface area contributed by atoms with Crippen LogP contribution in [-0.2, 0) is 3.74 Å². The molecule has 3 nitrogen and oxygen atoms in total. The molecule has 0 saturated heterocycles. The van der Waals surface area contributed by atoms with E-state index >= 15 is 0 Å². The Labute approximate surface area is 84.8 Å². The predicted octanol–water partition coefficient (Wildman–Crippen LogP) is -4.76. The van der Waals surface area contributed by atoms with Gasteiger partial charge in [0.2, 0.25) is 0 Å². The minimum absolute atomic E-state index is 0. The summed E-state index contributed by atoms with van der Waals surface area (Å²) in [6, 6.07) is 0. The summed E-state index contributed by atoms with van der Waals surface area (Å²) in [5, 5.41) is 0. The van der Waals surface area contributed by atoms with Crippen molar-refractivity contribution in [2.75, 3.05) is 0 Å². The molecule has 0 aliphatic rings. The summed E-state index contributed by atoms with van der Waals surface area (Å²) >= 11 is -3.58. The van der Waals surface area contributed by atoms with Crippen LogP contribution in [0.3, 0.4) is 0 Å². The van der Waals surface area contributed by atoms with Crippen LogP contribution in [-0.4, -0.2) is 23.5 Å². The molecule has 0 amide bonds. The first-order chi connectivity index (χ1) is 1.73. The largest absolute Gasteiger partial charge is 1.00 e. The SMILES string of the molecule is O=[AsH](O)O.[H-].[Rb+]. The van der Waals surface area contributed by atoms with Gasteiger partial charge in [-0.1, -0.05) is 0 Å². The molecular weight excluding hydrogens is 208 g/mol. The molecule has 0 aromatic carbocycles. The molecule has 0 heterocycles. The van der Waals surface area contributed by atoms with Crippen LogP contribution in [0.15, 0.2) is 0 Å². The minimum Gasteiger partial charge on any atom is -1.00 e. The van der Waals surface area contributed by atoms with Gasteiger partial charge >= 0.3 is 85.4 Å². The molecule has 0 aliphatic heterocycles. The van der Waals surface area contributed by atoms with Gasteiger partial charge in [0, 0.05) is 0 Å². The summed E-state index contributed by atoms with van der Waals surface area (Å²) < 4.78 is 23.2. The van der Waals surface area contributed by atoms with E-state index in [2.05, 4.69) is 0 Å². The fourth-order valence-electron chi connectivity index (χ4n) is 0. The Kier molecular flexibility index (Phi) is 12.3. The molecule has 0 fully saturated rings. The molecule has 0 aromatic heterocycles. The van der Waals surface area contributed by atoms with Gasteiger partial charge in [0.1, 0.15) is 0 Å². The summed E-state index contributed by atoms with van der Waals surface area (Å²) in [6.45, 7) is 0. The van der Waals surface area contributed by atoms with Gasteiger partial charge in [-0.2, -0.15) is 0 Å². The monoisotopic (exact) mass is 212 g/mol. The standard InChI is InChI=1S/AsH3O3.Rb.H/c2-1(3)4;;/h1H,(H2,2,3,4);;/q;+1;-1. The molecule has 0 unspecified atom stereocenters. The van der Waals surface area contributed by atoms with E-state index in [0.717, 1.165) is 0 Å². The van der Waals surface area contributed by atoms with Gasteiger partial charge < -0.3 is 1.43 Å². The smallest absolute Gasteiger partial charge is 1.00 e. The zero-order valence-electron chi connectivity index (χ0n) is 3.80. The quantitative estimate of drug-likeness (QED) is 0.397. The average Bonchev–Trinajstić information content (AvgIpc) is 0.811. The van der Waals surface area contributed by atoms with E-state index in [4.69, 9.17) is 11.9 Å². The first-order valence-electron chi connectivity index (χ1n) is 0.651. The van der Waals surface area contributed by atoms with E-state index in [9.17, 15) is 0 Å². The average molecular weight is 212 g/mol. The van der Waals surface area contributed by atoms with Gasteiger partial charge in [0.15, 0.2) is 0 Å². The van der Waals surface area contributed by atoms with Crippen molar-refractivity contribution in [2.24, 2.45) is 0 Å². The van der Waals surface area contributed by atoms with Crippen LogP contribution in [0.4, 0.5) is 0 Å². The van der Waals surface area contributed by atoms with E-state index in [-0.39, 0.29) is 59.6 Å². The zero-order valence-corrected chi connectivity index (χ0v) is 9.82. The van der Waals surface area contributed by atoms with Crippen LogP contribution in [0.25, 0.3) is 0 Å². The summed E-state index contributed by atoms with van der Waals surface area (Å²) in [6.07, 6.45) is 0. The topological polar surface area (TPSA) is 57.5 Å². The Morgan fingerprint density at radius 2 is 1.60 bits per heavy atom. The van der Waals surface area contributed by atoms with Crippen molar-refractivity contribution in [3.8, 4) is 0 Å². The maximum absolute atomic E-state index is 8.81. The molecule has 0 aliphatic carbocycles. The summed E-state index contributed by atoms with van der Waals surface area (Å²) in [5.74, 6) is 0. The zero-order chi connectivity index (χ0) is 3.58. The van der Waals surface area contributed by atoms with Crippen LogP contribution in [0, 0.1) is 0 Å². The van der Waals surface area contributed by atoms with E-state index in [1.807, 2.05) is 0 Å². The van der Waals surface area contributed by atoms with Crippen LogP contribution >= 0.6 is 0 Å². The maximum Gasteiger partial charge on any atom is 1.00 e. The van der Waals surface area contributed by atoms with E-state index < -0.39 is 15.3 Å². The Hall–Kier alpha value is 2.08. The van der Waals surface area contributed by atoms with Gasteiger partial charge in [-0.3, -0.25) is 0 Å².